The molecule has 2 N–H and O–H groups in total. The van der Waals surface area contributed by atoms with Crippen LogP contribution in [-0.4, -0.2) is 26.2 Å². The third-order valence-electron chi connectivity index (χ3n) is 1.25. The van der Waals surface area contributed by atoms with Gasteiger partial charge in [-0.15, -0.1) is 0 Å². The third kappa shape index (κ3) is 5.11. The molecule has 0 saturated carbocycles. The first-order valence-electron chi connectivity index (χ1n) is 3.65. The maximum absolute atomic E-state index is 10.2. The van der Waals surface area contributed by atoms with Crippen molar-refractivity contribution in [2.24, 2.45) is 0 Å². The number of non-ortho nitro benzene ring substituents is 2. The Morgan fingerprint density at radius 2 is 1.38 bits per heavy atom. The van der Waals surface area contributed by atoms with Gasteiger partial charge in [0.2, 0.25) is 0 Å². The number of hydrogen-bond donors (Lipinski definition) is 2. The van der Waals surface area contributed by atoms with E-state index in [0.717, 1.165) is 6.07 Å². The van der Waals surface area contributed by atoms with Gasteiger partial charge >= 0.3 is 6.16 Å². The Balaban J connectivity index is 0.000000487. The Morgan fingerprint density at radius 1 is 1.06 bits per heavy atom. The summed E-state index contributed by atoms with van der Waals surface area (Å²) >= 11 is 0. The molecule has 16 heavy (non-hydrogen) atoms. The van der Waals surface area contributed by atoms with Crippen molar-refractivity contribution in [1.82, 2.24) is 0 Å². The molecule has 0 aliphatic rings. The number of carboxylic acid groups (broad SMARTS) is 2. The van der Waals surface area contributed by atoms with E-state index in [-0.39, 0.29) is 11.4 Å². The standard InChI is InChI=1S/C6H4N2O4.CH2O3/c9-7(10)5-2-1-3-6(4-5)8(11)12;2-1(3)4/h1-4H;(H2,2,3,4). The molecule has 86 valence electrons. The predicted octanol–water partition coefficient (Wildman–Crippen LogP) is 1.73. The van der Waals surface area contributed by atoms with Crippen LogP contribution in [-0.2, 0) is 0 Å². The Bertz CT molecular complexity index is 384. The maximum Gasteiger partial charge on any atom is 0.503 e. The molecule has 0 radical (unpaired) electrons. The second kappa shape index (κ2) is 5.90. The van der Waals surface area contributed by atoms with Gasteiger partial charge in [0, 0.05) is 12.1 Å². The summed E-state index contributed by atoms with van der Waals surface area (Å²) in [5, 5.41) is 34.3. The van der Waals surface area contributed by atoms with Crippen LogP contribution in [0, 0.1) is 20.2 Å². The van der Waals surface area contributed by atoms with Crippen LogP contribution < -0.4 is 0 Å². The van der Waals surface area contributed by atoms with Crippen LogP contribution in [0.1, 0.15) is 0 Å². The molecule has 0 aromatic heterocycles. The van der Waals surface area contributed by atoms with Gasteiger partial charge in [0.1, 0.15) is 0 Å². The molecule has 1 aromatic carbocycles. The van der Waals surface area contributed by atoms with Crippen molar-refractivity contribution in [1.29, 1.82) is 0 Å². The zero-order valence-electron chi connectivity index (χ0n) is 7.64. The van der Waals surface area contributed by atoms with Crippen LogP contribution >= 0.6 is 0 Å². The van der Waals surface area contributed by atoms with Crippen molar-refractivity contribution in [3.63, 3.8) is 0 Å². The zero-order chi connectivity index (χ0) is 12.7. The lowest BCUT2D eigenvalue weighted by Crippen LogP contribution is -1.91. The third-order valence-corrected chi connectivity index (χ3v) is 1.25. The fourth-order valence-electron chi connectivity index (χ4n) is 0.720. The molecule has 0 amide bonds. The average molecular weight is 230 g/mol. The monoisotopic (exact) mass is 230 g/mol. The molecule has 0 saturated heterocycles. The Morgan fingerprint density at radius 3 is 1.62 bits per heavy atom. The van der Waals surface area contributed by atoms with Crippen molar-refractivity contribution >= 4 is 17.5 Å². The minimum atomic E-state index is -1.83. The van der Waals surface area contributed by atoms with Crippen molar-refractivity contribution < 1.29 is 24.9 Å². The summed E-state index contributed by atoms with van der Waals surface area (Å²) in [5.41, 5.74) is -0.548. The van der Waals surface area contributed by atoms with E-state index in [2.05, 4.69) is 0 Å². The second-order valence-corrected chi connectivity index (χ2v) is 2.32. The van der Waals surface area contributed by atoms with Crippen molar-refractivity contribution in [3.05, 3.63) is 44.5 Å². The smallest absolute Gasteiger partial charge is 0.450 e. The van der Waals surface area contributed by atoms with Crippen LogP contribution in [0.2, 0.25) is 0 Å². The molecule has 0 fully saturated rings. The van der Waals surface area contributed by atoms with E-state index >= 15 is 0 Å². The summed E-state index contributed by atoms with van der Waals surface area (Å²) in [6, 6.07) is 4.59. The number of rotatable bonds is 2. The lowest BCUT2D eigenvalue weighted by atomic mass is 10.3. The second-order valence-electron chi connectivity index (χ2n) is 2.32. The number of benzene rings is 1. The van der Waals surface area contributed by atoms with E-state index in [1.165, 1.54) is 18.2 Å². The summed E-state index contributed by atoms with van der Waals surface area (Å²) in [5.74, 6) is 0. The van der Waals surface area contributed by atoms with E-state index in [9.17, 15) is 20.2 Å². The normalized spacial score (nSPS) is 8.50. The summed E-state index contributed by atoms with van der Waals surface area (Å²) in [4.78, 5) is 27.5. The first-order chi connectivity index (χ1) is 7.34. The maximum atomic E-state index is 10.2. The fourth-order valence-corrected chi connectivity index (χ4v) is 0.720. The van der Waals surface area contributed by atoms with Gasteiger partial charge in [-0.25, -0.2) is 4.79 Å². The molecule has 1 rings (SSSR count). The quantitative estimate of drug-likeness (QED) is 0.581. The van der Waals surface area contributed by atoms with Gasteiger partial charge in [-0.3, -0.25) is 20.2 Å². The molecular weight excluding hydrogens is 224 g/mol. The van der Waals surface area contributed by atoms with Gasteiger partial charge in [-0.2, -0.15) is 0 Å². The Labute approximate surface area is 87.9 Å². The van der Waals surface area contributed by atoms with E-state index < -0.39 is 16.0 Å². The van der Waals surface area contributed by atoms with Gasteiger partial charge in [0.15, 0.2) is 0 Å². The van der Waals surface area contributed by atoms with Gasteiger partial charge in [-0.05, 0) is 6.07 Å². The summed E-state index contributed by atoms with van der Waals surface area (Å²) in [6.07, 6.45) is -1.83. The molecule has 9 nitrogen and oxygen atoms in total. The molecule has 0 bridgehead atoms. The first kappa shape index (κ1) is 13.3. The largest absolute Gasteiger partial charge is 0.503 e. The minimum absolute atomic E-state index is 0.274. The molecule has 0 spiro atoms. The molecule has 1 aromatic rings. The summed E-state index contributed by atoms with van der Waals surface area (Å²) < 4.78 is 0. The van der Waals surface area contributed by atoms with Crippen molar-refractivity contribution in [2.75, 3.05) is 0 Å². The van der Waals surface area contributed by atoms with Crippen LogP contribution in [0.25, 0.3) is 0 Å². The molecular formula is C7H6N2O7. The van der Waals surface area contributed by atoms with Gasteiger partial charge < -0.3 is 10.2 Å². The van der Waals surface area contributed by atoms with Gasteiger partial charge in [0.05, 0.1) is 15.9 Å². The summed E-state index contributed by atoms with van der Waals surface area (Å²) in [6.45, 7) is 0. The number of nitro benzene ring substituents is 2. The molecule has 0 aliphatic carbocycles. The molecule has 0 heterocycles. The molecule has 9 heteroatoms. The SMILES string of the molecule is O=C(O)O.O=[N+]([O-])c1cccc([N+](=O)[O-])c1. The number of carbonyl (C=O) groups is 1. The molecule has 0 atom stereocenters. The van der Waals surface area contributed by atoms with E-state index in [1.54, 1.807) is 0 Å². The van der Waals surface area contributed by atoms with E-state index in [1.807, 2.05) is 0 Å². The first-order valence-corrected chi connectivity index (χ1v) is 3.65. The highest BCUT2D eigenvalue weighted by Crippen LogP contribution is 2.18. The molecule has 0 aliphatic heterocycles. The number of nitrogens with zero attached hydrogens (tertiary/aromatic N) is 2. The van der Waals surface area contributed by atoms with E-state index in [4.69, 9.17) is 15.0 Å². The van der Waals surface area contributed by atoms with E-state index in [0.29, 0.717) is 0 Å². The van der Waals surface area contributed by atoms with Crippen LogP contribution in [0.4, 0.5) is 16.2 Å². The summed E-state index contributed by atoms with van der Waals surface area (Å²) in [7, 11) is 0. The van der Waals surface area contributed by atoms with Crippen LogP contribution in [0.15, 0.2) is 24.3 Å². The number of nitro groups is 2. The van der Waals surface area contributed by atoms with Gasteiger partial charge in [0.25, 0.3) is 11.4 Å². The lowest BCUT2D eigenvalue weighted by Gasteiger charge is -1.90. The highest BCUT2D eigenvalue weighted by molar-refractivity contribution is 5.53. The Kier molecular flexibility index (Phi) is 4.90. The predicted molar refractivity (Wildman–Crippen MR) is 50.4 cm³/mol. The minimum Gasteiger partial charge on any atom is -0.450 e. The fraction of sp³-hybridized carbons (Fsp3) is 0. The van der Waals surface area contributed by atoms with Gasteiger partial charge in [-0.1, -0.05) is 0 Å². The highest BCUT2D eigenvalue weighted by Gasteiger charge is 2.11. The average Bonchev–Trinajstić information content (AvgIpc) is 2.17. The van der Waals surface area contributed by atoms with Crippen molar-refractivity contribution in [2.45, 2.75) is 0 Å². The molecule has 0 unspecified atom stereocenters. The van der Waals surface area contributed by atoms with Crippen molar-refractivity contribution in [3.8, 4) is 0 Å². The highest BCUT2D eigenvalue weighted by atomic mass is 16.6. The Hall–Kier alpha value is -2.71. The van der Waals surface area contributed by atoms with Crippen LogP contribution in [0.3, 0.4) is 0 Å². The topological polar surface area (TPSA) is 144 Å². The number of hydrogen-bond acceptors (Lipinski definition) is 5. The van der Waals surface area contributed by atoms with Crippen LogP contribution in [0.5, 0.6) is 0 Å². The lowest BCUT2D eigenvalue weighted by molar-refractivity contribution is -0.394. The zero-order valence-corrected chi connectivity index (χ0v) is 7.64.